The van der Waals surface area contributed by atoms with Gasteiger partial charge in [0.25, 0.3) is 0 Å². The first-order chi connectivity index (χ1) is 8.31. The van der Waals surface area contributed by atoms with Gasteiger partial charge in [-0.15, -0.1) is 0 Å². The highest BCUT2D eigenvalue weighted by Gasteiger charge is 2.19. The van der Waals surface area contributed by atoms with Gasteiger partial charge < -0.3 is 4.90 Å². The minimum absolute atomic E-state index is 0.776. The van der Waals surface area contributed by atoms with Gasteiger partial charge in [0.05, 0.1) is 0 Å². The van der Waals surface area contributed by atoms with Gasteiger partial charge in [-0.1, -0.05) is 6.92 Å². The highest BCUT2D eigenvalue weighted by Crippen LogP contribution is 2.18. The van der Waals surface area contributed by atoms with Gasteiger partial charge in [-0.25, -0.2) is 9.67 Å². The lowest BCUT2D eigenvalue weighted by molar-refractivity contribution is 0.340. The molecule has 1 aromatic heterocycles. The second-order valence-electron chi connectivity index (χ2n) is 5.56. The molecule has 1 saturated heterocycles. The van der Waals surface area contributed by atoms with E-state index in [-0.39, 0.29) is 0 Å². The molecule has 0 bridgehead atoms. The molecule has 3 rings (SSSR count). The number of hydrogen-bond acceptors (Lipinski definition) is 3. The molecule has 0 spiro atoms. The van der Waals surface area contributed by atoms with Crippen LogP contribution >= 0.6 is 0 Å². The third-order valence-corrected chi connectivity index (χ3v) is 4.01. The van der Waals surface area contributed by atoms with Crippen LogP contribution in [0.2, 0.25) is 0 Å². The third-order valence-electron chi connectivity index (χ3n) is 4.01. The summed E-state index contributed by atoms with van der Waals surface area (Å²) in [4.78, 5) is 7.22. The zero-order valence-corrected chi connectivity index (χ0v) is 10.7. The van der Waals surface area contributed by atoms with E-state index >= 15 is 0 Å². The molecule has 17 heavy (non-hydrogen) atoms. The monoisotopic (exact) mass is 234 g/mol. The maximum absolute atomic E-state index is 4.69. The topological polar surface area (TPSA) is 34.0 Å². The van der Waals surface area contributed by atoms with Crippen molar-refractivity contribution in [1.82, 2.24) is 19.7 Å². The van der Waals surface area contributed by atoms with Crippen molar-refractivity contribution in [2.24, 2.45) is 5.92 Å². The number of rotatable bonds is 3. The molecule has 1 atom stereocenters. The minimum Gasteiger partial charge on any atom is -0.303 e. The van der Waals surface area contributed by atoms with Crippen molar-refractivity contribution in [2.45, 2.75) is 45.6 Å². The van der Waals surface area contributed by atoms with Crippen LogP contribution < -0.4 is 0 Å². The van der Waals surface area contributed by atoms with Crippen LogP contribution in [0.15, 0.2) is 0 Å². The van der Waals surface area contributed by atoms with E-state index < -0.39 is 0 Å². The van der Waals surface area contributed by atoms with Crippen LogP contribution in [-0.4, -0.2) is 39.3 Å². The molecule has 0 amide bonds. The number of likely N-dealkylation sites (tertiary alicyclic amines) is 1. The molecule has 1 aromatic rings. The van der Waals surface area contributed by atoms with E-state index in [1.165, 1.54) is 38.2 Å². The summed E-state index contributed by atoms with van der Waals surface area (Å²) in [7, 11) is 0. The summed E-state index contributed by atoms with van der Waals surface area (Å²) in [6.07, 6.45) is 6.11. The van der Waals surface area contributed by atoms with Crippen LogP contribution in [0, 0.1) is 5.92 Å². The van der Waals surface area contributed by atoms with Crippen LogP contribution in [0.3, 0.4) is 0 Å². The van der Waals surface area contributed by atoms with Gasteiger partial charge in [0.15, 0.2) is 5.82 Å². The van der Waals surface area contributed by atoms with Crippen molar-refractivity contribution < 1.29 is 0 Å². The number of fused-ring (bicyclic) bond motifs is 1. The van der Waals surface area contributed by atoms with Gasteiger partial charge in [0, 0.05) is 25.9 Å². The van der Waals surface area contributed by atoms with Gasteiger partial charge in [-0.3, -0.25) is 0 Å². The Kier molecular flexibility index (Phi) is 3.14. The summed E-state index contributed by atoms with van der Waals surface area (Å²) in [5.74, 6) is 3.04. The highest BCUT2D eigenvalue weighted by atomic mass is 15.4. The van der Waals surface area contributed by atoms with Gasteiger partial charge in [-0.05, 0) is 38.3 Å². The number of aromatic nitrogens is 3. The molecule has 1 fully saturated rings. The van der Waals surface area contributed by atoms with Gasteiger partial charge >= 0.3 is 0 Å². The lowest BCUT2D eigenvalue weighted by Crippen LogP contribution is -2.22. The van der Waals surface area contributed by atoms with Crippen LogP contribution in [0.5, 0.6) is 0 Å². The van der Waals surface area contributed by atoms with Crippen LogP contribution in [-0.2, 0) is 19.4 Å². The van der Waals surface area contributed by atoms with E-state index in [4.69, 9.17) is 0 Å². The van der Waals surface area contributed by atoms with Crippen molar-refractivity contribution in [3.05, 3.63) is 11.6 Å². The van der Waals surface area contributed by atoms with E-state index in [9.17, 15) is 0 Å². The zero-order chi connectivity index (χ0) is 11.7. The van der Waals surface area contributed by atoms with Crippen LogP contribution in [0.1, 0.15) is 37.8 Å². The quantitative estimate of drug-likeness (QED) is 0.795. The number of hydrogen-bond donors (Lipinski definition) is 0. The lowest BCUT2D eigenvalue weighted by Gasteiger charge is -2.17. The van der Waals surface area contributed by atoms with Crippen LogP contribution in [0.4, 0.5) is 0 Å². The molecule has 0 aromatic carbocycles. The first kappa shape index (κ1) is 11.2. The predicted octanol–water partition coefficient (Wildman–Crippen LogP) is 1.50. The standard InChI is InChI=1S/C13H22N4/c1-11-4-9-17-13(10-11)14-12(15-17)5-8-16-6-2-3-7-16/h11H,2-10H2,1H3. The number of nitrogens with zero attached hydrogens (tertiary/aromatic N) is 4. The molecule has 1 unspecified atom stereocenters. The Morgan fingerprint density at radius 3 is 2.88 bits per heavy atom. The highest BCUT2D eigenvalue weighted by molar-refractivity contribution is 4.97. The smallest absolute Gasteiger partial charge is 0.152 e. The van der Waals surface area contributed by atoms with E-state index in [0.29, 0.717) is 0 Å². The average Bonchev–Trinajstić information content (AvgIpc) is 2.94. The molecule has 0 saturated carbocycles. The molecule has 0 radical (unpaired) electrons. The average molecular weight is 234 g/mol. The molecule has 2 aliphatic heterocycles. The molecule has 0 aliphatic carbocycles. The van der Waals surface area contributed by atoms with Crippen molar-refractivity contribution in [3.63, 3.8) is 0 Å². The molecule has 4 nitrogen and oxygen atoms in total. The Morgan fingerprint density at radius 2 is 2.06 bits per heavy atom. The normalized spacial score (nSPS) is 25.1. The zero-order valence-electron chi connectivity index (χ0n) is 10.7. The Morgan fingerprint density at radius 1 is 1.24 bits per heavy atom. The number of aryl methyl sites for hydroxylation is 1. The SMILES string of the molecule is CC1CCn2nc(CCN3CCCC3)nc2C1. The molecule has 3 heterocycles. The van der Waals surface area contributed by atoms with Crippen molar-refractivity contribution in [3.8, 4) is 0 Å². The summed E-state index contributed by atoms with van der Waals surface area (Å²) >= 11 is 0. The van der Waals surface area contributed by atoms with E-state index in [0.717, 1.165) is 37.7 Å². The summed E-state index contributed by atoms with van der Waals surface area (Å²) in [5, 5.41) is 4.63. The van der Waals surface area contributed by atoms with Gasteiger partial charge in [0.1, 0.15) is 5.82 Å². The largest absolute Gasteiger partial charge is 0.303 e. The van der Waals surface area contributed by atoms with Crippen molar-refractivity contribution in [1.29, 1.82) is 0 Å². The maximum Gasteiger partial charge on any atom is 0.152 e. The van der Waals surface area contributed by atoms with E-state index in [1.54, 1.807) is 0 Å². The fraction of sp³-hybridized carbons (Fsp3) is 0.846. The van der Waals surface area contributed by atoms with Gasteiger partial charge in [-0.2, -0.15) is 5.10 Å². The Labute approximate surface area is 103 Å². The predicted molar refractivity (Wildman–Crippen MR) is 66.9 cm³/mol. The Hall–Kier alpha value is -0.900. The molecule has 0 N–H and O–H groups in total. The first-order valence-electron chi connectivity index (χ1n) is 6.96. The van der Waals surface area contributed by atoms with Gasteiger partial charge in [0.2, 0.25) is 0 Å². The maximum atomic E-state index is 4.69. The molecule has 2 aliphatic rings. The molecular formula is C13H22N4. The second-order valence-corrected chi connectivity index (χ2v) is 5.56. The van der Waals surface area contributed by atoms with Crippen molar-refractivity contribution in [2.75, 3.05) is 19.6 Å². The Balaban J connectivity index is 1.60. The molecule has 94 valence electrons. The second kappa shape index (κ2) is 4.77. The van der Waals surface area contributed by atoms with Crippen LogP contribution in [0.25, 0.3) is 0 Å². The van der Waals surface area contributed by atoms with E-state index in [2.05, 4.69) is 26.6 Å². The fourth-order valence-corrected chi connectivity index (χ4v) is 2.88. The van der Waals surface area contributed by atoms with E-state index in [1.807, 2.05) is 0 Å². The van der Waals surface area contributed by atoms with Crippen molar-refractivity contribution >= 4 is 0 Å². The molecule has 4 heteroatoms. The fourth-order valence-electron chi connectivity index (χ4n) is 2.88. The third kappa shape index (κ3) is 2.51. The molecular weight excluding hydrogens is 212 g/mol. The summed E-state index contributed by atoms with van der Waals surface area (Å²) in [6.45, 7) is 7.05. The lowest BCUT2D eigenvalue weighted by atomic mass is 10.0. The Bertz CT molecular complexity index is 379. The summed E-state index contributed by atoms with van der Waals surface area (Å²) in [5.41, 5.74) is 0. The summed E-state index contributed by atoms with van der Waals surface area (Å²) in [6, 6.07) is 0. The summed E-state index contributed by atoms with van der Waals surface area (Å²) < 4.78 is 2.12. The minimum atomic E-state index is 0.776. The first-order valence-corrected chi connectivity index (χ1v) is 6.96.